The zero-order valence-corrected chi connectivity index (χ0v) is 7.53. The van der Waals surface area contributed by atoms with Crippen molar-refractivity contribution in [1.29, 1.82) is 0 Å². The van der Waals surface area contributed by atoms with E-state index in [1.54, 1.807) is 0 Å². The Labute approximate surface area is 73.1 Å². The molecule has 1 aliphatic carbocycles. The van der Waals surface area contributed by atoms with Crippen LogP contribution in [0.4, 0.5) is 0 Å². The van der Waals surface area contributed by atoms with E-state index in [1.165, 1.54) is 25.7 Å². The van der Waals surface area contributed by atoms with Gasteiger partial charge in [-0.3, -0.25) is 0 Å². The molecule has 0 atom stereocenters. The van der Waals surface area contributed by atoms with E-state index in [0.29, 0.717) is 0 Å². The van der Waals surface area contributed by atoms with Gasteiger partial charge in [-0.15, -0.1) is 0 Å². The molecule has 0 aromatic heterocycles. The van der Waals surface area contributed by atoms with Crippen molar-refractivity contribution >= 4 is 11.6 Å². The molecule has 0 heterocycles. The van der Waals surface area contributed by atoms with Crippen molar-refractivity contribution in [1.82, 2.24) is 0 Å². The molecule has 0 unspecified atom stereocenters. The lowest BCUT2D eigenvalue weighted by Crippen LogP contribution is -1.97. The zero-order chi connectivity index (χ0) is 8.10. The van der Waals surface area contributed by atoms with Crippen molar-refractivity contribution in [2.75, 3.05) is 6.61 Å². The van der Waals surface area contributed by atoms with Crippen molar-refractivity contribution in [2.24, 2.45) is 0 Å². The minimum Gasteiger partial charge on any atom is -0.392 e. The molecule has 2 heteroatoms. The summed E-state index contributed by atoms with van der Waals surface area (Å²) in [6, 6.07) is 0. The third-order valence-electron chi connectivity index (χ3n) is 2.20. The van der Waals surface area contributed by atoms with E-state index in [0.717, 1.165) is 23.4 Å². The lowest BCUT2D eigenvalue weighted by molar-refractivity contribution is 0.323. The molecule has 0 saturated heterocycles. The molecule has 0 radical (unpaired) electrons. The molecule has 0 amide bonds. The maximum atomic E-state index is 8.94. The molecule has 1 N–H and O–H groups in total. The summed E-state index contributed by atoms with van der Waals surface area (Å²) in [5, 5.41) is 9.85. The number of hydrogen-bond acceptors (Lipinski definition) is 1. The van der Waals surface area contributed by atoms with E-state index in [4.69, 9.17) is 16.7 Å². The van der Waals surface area contributed by atoms with E-state index in [9.17, 15) is 0 Å². The first-order chi connectivity index (χ1) is 5.34. The van der Waals surface area contributed by atoms with Gasteiger partial charge in [0, 0.05) is 5.03 Å². The number of aliphatic hydroxyl groups excluding tert-OH is 1. The van der Waals surface area contributed by atoms with Crippen molar-refractivity contribution < 1.29 is 5.11 Å². The summed E-state index contributed by atoms with van der Waals surface area (Å²) in [5.74, 6) is 0. The Morgan fingerprint density at radius 1 is 1.09 bits per heavy atom. The van der Waals surface area contributed by atoms with Crippen LogP contribution in [-0.4, -0.2) is 11.7 Å². The fourth-order valence-corrected chi connectivity index (χ4v) is 1.74. The lowest BCUT2D eigenvalue weighted by Gasteiger charge is -2.11. The van der Waals surface area contributed by atoms with Crippen molar-refractivity contribution in [2.45, 2.75) is 38.5 Å². The molecule has 64 valence electrons. The van der Waals surface area contributed by atoms with Gasteiger partial charge in [-0.2, -0.15) is 0 Å². The Morgan fingerprint density at radius 2 is 1.73 bits per heavy atom. The Bertz CT molecular complexity index is 152. The van der Waals surface area contributed by atoms with Gasteiger partial charge in [0.1, 0.15) is 0 Å². The zero-order valence-electron chi connectivity index (χ0n) is 6.77. The number of allylic oxidation sites excluding steroid dienone is 1. The fraction of sp³-hybridized carbons (Fsp3) is 0.778. The van der Waals surface area contributed by atoms with E-state index >= 15 is 0 Å². The van der Waals surface area contributed by atoms with Gasteiger partial charge in [0.2, 0.25) is 0 Å². The second-order valence-corrected chi connectivity index (χ2v) is 3.54. The Morgan fingerprint density at radius 3 is 2.36 bits per heavy atom. The van der Waals surface area contributed by atoms with Gasteiger partial charge in [0.05, 0.1) is 6.61 Å². The quantitative estimate of drug-likeness (QED) is 0.648. The van der Waals surface area contributed by atoms with Gasteiger partial charge in [0.25, 0.3) is 0 Å². The van der Waals surface area contributed by atoms with Gasteiger partial charge in [-0.1, -0.05) is 24.4 Å². The average Bonchev–Trinajstić information content (AvgIpc) is 1.98. The minimum absolute atomic E-state index is 0.152. The molecule has 0 aromatic rings. The van der Waals surface area contributed by atoms with Crippen LogP contribution in [0.1, 0.15) is 38.5 Å². The first-order valence-electron chi connectivity index (χ1n) is 4.32. The summed E-state index contributed by atoms with van der Waals surface area (Å²) < 4.78 is 0. The van der Waals surface area contributed by atoms with Crippen LogP contribution in [0.3, 0.4) is 0 Å². The number of rotatable bonds is 1. The monoisotopic (exact) mass is 174 g/mol. The molecule has 0 aliphatic heterocycles. The summed E-state index contributed by atoms with van der Waals surface area (Å²) in [5.41, 5.74) is 1.06. The maximum Gasteiger partial charge on any atom is 0.0655 e. The van der Waals surface area contributed by atoms with Crippen LogP contribution < -0.4 is 0 Å². The number of aliphatic hydroxyl groups is 1. The highest BCUT2D eigenvalue weighted by Gasteiger charge is 2.06. The Hall–Kier alpha value is -0.0100. The van der Waals surface area contributed by atoms with E-state index < -0.39 is 0 Å². The third kappa shape index (κ3) is 2.84. The van der Waals surface area contributed by atoms with E-state index in [-0.39, 0.29) is 6.61 Å². The maximum absolute atomic E-state index is 8.94. The lowest BCUT2D eigenvalue weighted by atomic mass is 10.0. The normalized spacial score (nSPS) is 21.3. The van der Waals surface area contributed by atoms with Crippen LogP contribution >= 0.6 is 11.6 Å². The van der Waals surface area contributed by atoms with Gasteiger partial charge in [-0.25, -0.2) is 0 Å². The predicted octanol–water partition coefficient (Wildman–Crippen LogP) is 2.83. The highest BCUT2D eigenvalue weighted by molar-refractivity contribution is 6.29. The topological polar surface area (TPSA) is 20.2 Å². The van der Waals surface area contributed by atoms with Crippen LogP contribution in [0.2, 0.25) is 0 Å². The minimum atomic E-state index is 0.152. The first kappa shape index (κ1) is 9.08. The van der Waals surface area contributed by atoms with Crippen LogP contribution in [0.5, 0.6) is 0 Å². The van der Waals surface area contributed by atoms with Crippen molar-refractivity contribution in [3.05, 3.63) is 10.6 Å². The van der Waals surface area contributed by atoms with Crippen molar-refractivity contribution in [3.8, 4) is 0 Å². The molecule has 11 heavy (non-hydrogen) atoms. The van der Waals surface area contributed by atoms with Crippen LogP contribution in [0.25, 0.3) is 0 Å². The standard InChI is InChI=1S/C9H15ClO/c10-9-6-4-2-1-3-5-8(9)7-11/h11H,1-7H2. The van der Waals surface area contributed by atoms with Crippen LogP contribution in [0.15, 0.2) is 10.6 Å². The van der Waals surface area contributed by atoms with Gasteiger partial charge in [-0.05, 0) is 31.3 Å². The fourth-order valence-electron chi connectivity index (χ4n) is 1.45. The first-order valence-corrected chi connectivity index (χ1v) is 4.69. The molecule has 0 aromatic carbocycles. The Balaban J connectivity index is 2.56. The third-order valence-corrected chi connectivity index (χ3v) is 2.66. The molecular formula is C9H15ClO. The summed E-state index contributed by atoms with van der Waals surface area (Å²) >= 11 is 5.98. The average molecular weight is 175 g/mol. The largest absolute Gasteiger partial charge is 0.392 e. The molecule has 0 fully saturated rings. The SMILES string of the molecule is OCC1=C(Cl)CCCCCC1. The molecule has 0 spiro atoms. The molecule has 1 aliphatic rings. The second-order valence-electron chi connectivity index (χ2n) is 3.08. The van der Waals surface area contributed by atoms with Gasteiger partial charge in [0.15, 0.2) is 0 Å². The number of halogens is 1. The number of hydrogen-bond donors (Lipinski definition) is 1. The molecule has 0 bridgehead atoms. The molecule has 1 nitrogen and oxygen atoms in total. The summed E-state index contributed by atoms with van der Waals surface area (Å²) in [7, 11) is 0. The van der Waals surface area contributed by atoms with E-state index in [1.807, 2.05) is 0 Å². The van der Waals surface area contributed by atoms with Crippen LogP contribution in [-0.2, 0) is 0 Å². The smallest absolute Gasteiger partial charge is 0.0655 e. The Kier molecular flexibility index (Phi) is 3.95. The van der Waals surface area contributed by atoms with Crippen LogP contribution in [0, 0.1) is 0 Å². The summed E-state index contributed by atoms with van der Waals surface area (Å²) in [4.78, 5) is 0. The van der Waals surface area contributed by atoms with Gasteiger partial charge < -0.3 is 5.11 Å². The summed E-state index contributed by atoms with van der Waals surface area (Å²) in [6.45, 7) is 0.152. The van der Waals surface area contributed by atoms with E-state index in [2.05, 4.69) is 0 Å². The highest BCUT2D eigenvalue weighted by atomic mass is 35.5. The molecule has 1 rings (SSSR count). The molecule has 0 saturated carbocycles. The highest BCUT2D eigenvalue weighted by Crippen LogP contribution is 2.24. The predicted molar refractivity (Wildman–Crippen MR) is 47.7 cm³/mol. The van der Waals surface area contributed by atoms with Gasteiger partial charge >= 0.3 is 0 Å². The molecular weight excluding hydrogens is 160 g/mol. The van der Waals surface area contributed by atoms with Crippen molar-refractivity contribution in [3.63, 3.8) is 0 Å². The second kappa shape index (κ2) is 4.78. The summed E-state index contributed by atoms with van der Waals surface area (Å²) in [6.07, 6.45) is 6.91.